The number of aryl methyl sites for hydroxylation is 1. The lowest BCUT2D eigenvalue weighted by molar-refractivity contribution is 0.527. The molecule has 0 aliphatic carbocycles. The number of alkyl halides is 2. The minimum Gasteiger partial charge on any atom is -0.250 e. The maximum atomic E-state index is 6.24. The lowest BCUT2D eigenvalue weighted by Gasteiger charge is -2.31. The molecule has 4 heteroatoms. The molecule has 0 aliphatic heterocycles. The van der Waals surface area contributed by atoms with Crippen LogP contribution >= 0.6 is 34.5 Å². The van der Waals surface area contributed by atoms with Gasteiger partial charge in [-0.1, -0.05) is 24.3 Å². The molecule has 0 atom stereocenters. The number of rotatable bonds is 5. The van der Waals surface area contributed by atoms with Crippen LogP contribution < -0.4 is 0 Å². The first-order valence-corrected chi connectivity index (χ1v) is 7.78. The number of nitrogens with zero attached hydrogens (tertiary/aromatic N) is 1. The molecule has 0 fully saturated rings. The highest BCUT2D eigenvalue weighted by Crippen LogP contribution is 2.33. The molecule has 0 aliphatic rings. The molecule has 0 radical (unpaired) electrons. The average molecular weight is 300 g/mol. The van der Waals surface area contributed by atoms with E-state index in [-0.39, 0.29) is 5.41 Å². The van der Waals surface area contributed by atoms with Gasteiger partial charge in [-0.05, 0) is 18.1 Å². The maximum absolute atomic E-state index is 6.24. The van der Waals surface area contributed by atoms with Gasteiger partial charge >= 0.3 is 0 Å². The summed E-state index contributed by atoms with van der Waals surface area (Å²) in [4.78, 5) is 4.35. The average Bonchev–Trinajstić information content (AvgIpc) is 2.90. The quantitative estimate of drug-likeness (QED) is 0.745. The zero-order valence-electron chi connectivity index (χ0n) is 10.2. The molecule has 1 heterocycles. The third-order valence-corrected chi connectivity index (χ3v) is 4.89. The van der Waals surface area contributed by atoms with Crippen LogP contribution in [0.3, 0.4) is 0 Å². The summed E-state index contributed by atoms with van der Waals surface area (Å²) in [6, 6.07) is 8.29. The summed E-state index contributed by atoms with van der Waals surface area (Å²) in [5, 5.41) is 2.06. The van der Waals surface area contributed by atoms with E-state index < -0.39 is 0 Å². The van der Waals surface area contributed by atoms with E-state index in [1.54, 1.807) is 11.3 Å². The van der Waals surface area contributed by atoms with E-state index >= 15 is 0 Å². The van der Waals surface area contributed by atoms with Crippen molar-refractivity contribution in [2.24, 2.45) is 0 Å². The molecule has 1 aromatic heterocycles. The summed E-state index contributed by atoms with van der Waals surface area (Å²) in [6.07, 6.45) is 0.786. The van der Waals surface area contributed by atoms with Gasteiger partial charge < -0.3 is 0 Å². The van der Waals surface area contributed by atoms with Crippen molar-refractivity contribution >= 4 is 34.5 Å². The highest BCUT2D eigenvalue weighted by molar-refractivity contribution is 7.07. The highest BCUT2D eigenvalue weighted by atomic mass is 35.5. The zero-order valence-corrected chi connectivity index (χ0v) is 12.5. The Kier molecular flexibility index (Phi) is 4.66. The van der Waals surface area contributed by atoms with Gasteiger partial charge in [0.25, 0.3) is 0 Å². The van der Waals surface area contributed by atoms with Crippen molar-refractivity contribution in [3.8, 4) is 0 Å². The van der Waals surface area contributed by atoms with Crippen LogP contribution in [0.2, 0.25) is 0 Å². The van der Waals surface area contributed by atoms with Crippen LogP contribution in [0.15, 0.2) is 35.2 Å². The largest absolute Gasteiger partial charge is 0.250 e. The number of hydrogen-bond acceptors (Lipinski definition) is 2. The van der Waals surface area contributed by atoms with Crippen molar-refractivity contribution in [2.75, 3.05) is 11.8 Å². The number of halogens is 2. The van der Waals surface area contributed by atoms with Crippen LogP contribution in [0.25, 0.3) is 0 Å². The van der Waals surface area contributed by atoms with Crippen molar-refractivity contribution in [1.82, 2.24) is 4.98 Å². The van der Waals surface area contributed by atoms with Gasteiger partial charge in [-0.2, -0.15) is 0 Å². The summed E-state index contributed by atoms with van der Waals surface area (Å²) in [6.45, 7) is 2.10. The van der Waals surface area contributed by atoms with Crippen molar-refractivity contribution < 1.29 is 0 Å². The Morgan fingerprint density at radius 2 is 1.94 bits per heavy atom. The Labute approximate surface area is 122 Å². The number of thiazole rings is 1. The Bertz CT molecular complexity index is 492. The van der Waals surface area contributed by atoms with Crippen molar-refractivity contribution in [2.45, 2.75) is 18.8 Å². The van der Waals surface area contributed by atoms with E-state index in [0.29, 0.717) is 11.8 Å². The predicted octanol–water partition coefficient (Wildman–Crippen LogP) is 4.41. The van der Waals surface area contributed by atoms with Gasteiger partial charge in [-0.15, -0.1) is 34.5 Å². The fourth-order valence-corrected chi connectivity index (χ4v) is 3.53. The van der Waals surface area contributed by atoms with Crippen LogP contribution in [0.1, 0.15) is 16.8 Å². The fraction of sp³-hybridized carbons (Fsp3) is 0.357. The summed E-state index contributed by atoms with van der Waals surface area (Å²) in [7, 11) is 0. The van der Waals surface area contributed by atoms with Gasteiger partial charge in [0.2, 0.25) is 0 Å². The van der Waals surface area contributed by atoms with Crippen LogP contribution in [0, 0.1) is 6.92 Å². The second kappa shape index (κ2) is 6.05. The molecular weight excluding hydrogens is 285 g/mol. The molecule has 2 rings (SSSR count). The standard InChI is InChI=1S/C14H15Cl2NS/c1-11-4-2-3-5-13(11)14(8-15,9-16)6-12-7-18-10-17-12/h2-5,7,10H,6,8-9H2,1H3. The van der Waals surface area contributed by atoms with Crippen molar-refractivity contribution in [1.29, 1.82) is 0 Å². The monoisotopic (exact) mass is 299 g/mol. The van der Waals surface area contributed by atoms with E-state index in [9.17, 15) is 0 Å². The van der Waals surface area contributed by atoms with Crippen molar-refractivity contribution in [3.05, 3.63) is 52.0 Å². The van der Waals surface area contributed by atoms with Gasteiger partial charge in [0.15, 0.2) is 0 Å². The lowest BCUT2D eigenvalue weighted by Crippen LogP contribution is -2.34. The topological polar surface area (TPSA) is 12.9 Å². The van der Waals surface area contributed by atoms with Crippen LogP contribution in [0.5, 0.6) is 0 Å². The predicted molar refractivity (Wildman–Crippen MR) is 80.1 cm³/mol. The summed E-state index contributed by atoms with van der Waals surface area (Å²) in [5.74, 6) is 0.998. The molecule has 1 aromatic carbocycles. The molecule has 2 aromatic rings. The molecule has 96 valence electrons. The van der Waals surface area contributed by atoms with E-state index in [4.69, 9.17) is 23.2 Å². The highest BCUT2D eigenvalue weighted by Gasteiger charge is 2.32. The first-order chi connectivity index (χ1) is 8.72. The summed E-state index contributed by atoms with van der Waals surface area (Å²) >= 11 is 14.1. The molecule has 1 nitrogen and oxygen atoms in total. The van der Waals surface area contributed by atoms with Crippen LogP contribution in [0.4, 0.5) is 0 Å². The molecule has 0 amide bonds. The van der Waals surface area contributed by atoms with Gasteiger partial charge in [0.1, 0.15) is 0 Å². The third-order valence-electron chi connectivity index (χ3n) is 3.23. The van der Waals surface area contributed by atoms with E-state index in [1.807, 2.05) is 17.6 Å². The van der Waals surface area contributed by atoms with Crippen molar-refractivity contribution in [3.63, 3.8) is 0 Å². The Morgan fingerprint density at radius 1 is 1.22 bits per heavy atom. The first-order valence-electron chi connectivity index (χ1n) is 5.77. The molecule has 0 N–H and O–H groups in total. The fourth-order valence-electron chi connectivity index (χ4n) is 2.21. The molecule has 0 unspecified atom stereocenters. The molecule has 0 saturated carbocycles. The molecule has 0 spiro atoms. The SMILES string of the molecule is Cc1ccccc1C(CCl)(CCl)Cc1cscn1. The molecule has 0 bridgehead atoms. The van der Waals surface area contributed by atoms with E-state index in [0.717, 1.165) is 12.1 Å². The van der Waals surface area contributed by atoms with Gasteiger partial charge in [0.05, 0.1) is 11.2 Å². The summed E-state index contributed by atoms with van der Waals surface area (Å²) < 4.78 is 0. The van der Waals surface area contributed by atoms with E-state index in [2.05, 4.69) is 29.4 Å². The Morgan fingerprint density at radius 3 is 2.50 bits per heavy atom. The van der Waals surface area contributed by atoms with Gasteiger partial charge in [0, 0.05) is 29.0 Å². The second-order valence-corrected chi connectivity index (χ2v) is 5.77. The zero-order chi connectivity index (χ0) is 13.0. The van der Waals surface area contributed by atoms with E-state index in [1.165, 1.54) is 11.1 Å². The Hall–Kier alpha value is -0.570. The first kappa shape index (κ1) is 13.9. The molecule has 0 saturated heterocycles. The molecule has 18 heavy (non-hydrogen) atoms. The minimum absolute atomic E-state index is 0.234. The second-order valence-electron chi connectivity index (χ2n) is 4.52. The lowest BCUT2D eigenvalue weighted by atomic mass is 9.78. The number of benzene rings is 1. The van der Waals surface area contributed by atoms with Gasteiger partial charge in [-0.3, -0.25) is 0 Å². The number of aromatic nitrogens is 1. The van der Waals surface area contributed by atoms with Gasteiger partial charge in [-0.25, -0.2) is 4.98 Å². The maximum Gasteiger partial charge on any atom is 0.0794 e. The minimum atomic E-state index is -0.234. The van der Waals surface area contributed by atoms with Crippen LogP contribution in [-0.4, -0.2) is 16.7 Å². The van der Waals surface area contributed by atoms with Crippen LogP contribution in [-0.2, 0) is 11.8 Å². The summed E-state index contributed by atoms with van der Waals surface area (Å²) in [5.41, 5.74) is 5.13. The smallest absolute Gasteiger partial charge is 0.0794 e. The molecular formula is C14H15Cl2NS. The number of hydrogen-bond donors (Lipinski definition) is 0. The Balaban J connectivity index is 2.40. The normalized spacial score (nSPS) is 11.7. The third kappa shape index (κ3) is 2.71.